The van der Waals surface area contributed by atoms with Gasteiger partial charge in [-0.1, -0.05) is 0 Å². The standard InChI is InChI=1S/C2H7NO.5BrH.H3N/c3-1-2-4;;;;;;/h4H,1-3H2;5*1H;1H3. The van der Waals surface area contributed by atoms with Gasteiger partial charge in [-0.2, -0.15) is 0 Å². The topological polar surface area (TPSA) is 81.2 Å². The van der Waals surface area contributed by atoms with Crippen LogP contribution in [0.1, 0.15) is 0 Å². The molecule has 0 aromatic rings. The Morgan fingerprint density at radius 3 is 1.00 bits per heavy atom. The lowest BCUT2D eigenvalue weighted by Crippen LogP contribution is -2.02. The van der Waals surface area contributed by atoms with Crippen molar-refractivity contribution in [2.45, 2.75) is 0 Å². The van der Waals surface area contributed by atoms with Gasteiger partial charge in [-0.05, 0) is 0 Å². The minimum atomic E-state index is 0. The van der Waals surface area contributed by atoms with Gasteiger partial charge >= 0.3 is 0 Å². The first-order chi connectivity index (χ1) is 1.91. The molecule has 0 aliphatic heterocycles. The largest absolute Gasteiger partial charge is 0.395 e. The summed E-state index contributed by atoms with van der Waals surface area (Å²) in [6, 6.07) is 0. The average molecular weight is 483 g/mol. The predicted octanol–water partition coefficient (Wildman–Crippen LogP) is 1.99. The zero-order valence-electron chi connectivity index (χ0n) is 5.19. The Labute approximate surface area is 114 Å². The SMILES string of the molecule is Br.Br.Br.Br.Br.N.NCCO. The predicted molar refractivity (Wildman–Crippen MR) is 72.8 cm³/mol. The van der Waals surface area contributed by atoms with Crippen LogP contribution < -0.4 is 11.9 Å². The molecule has 10 heavy (non-hydrogen) atoms. The Balaban J connectivity index is -0.00000000300. The van der Waals surface area contributed by atoms with Crippen LogP contribution in [0.25, 0.3) is 0 Å². The summed E-state index contributed by atoms with van der Waals surface area (Å²) >= 11 is 0. The molecular formula is C2H15Br5N2O. The van der Waals surface area contributed by atoms with Crippen molar-refractivity contribution in [2.75, 3.05) is 13.2 Å². The van der Waals surface area contributed by atoms with Gasteiger partial charge < -0.3 is 17.0 Å². The minimum Gasteiger partial charge on any atom is -0.395 e. The Morgan fingerprint density at radius 2 is 1.00 bits per heavy atom. The van der Waals surface area contributed by atoms with Crippen LogP contribution in [0.4, 0.5) is 0 Å². The molecule has 0 radical (unpaired) electrons. The highest BCUT2D eigenvalue weighted by Crippen LogP contribution is 1.33. The highest BCUT2D eigenvalue weighted by Gasteiger charge is 1.56. The van der Waals surface area contributed by atoms with Crippen molar-refractivity contribution < 1.29 is 5.11 Å². The summed E-state index contributed by atoms with van der Waals surface area (Å²) in [6.45, 7) is 0.472. The molecule has 0 bridgehead atoms. The maximum absolute atomic E-state index is 7.75. The van der Waals surface area contributed by atoms with Crippen molar-refractivity contribution in [3.8, 4) is 0 Å². The fourth-order valence-electron chi connectivity index (χ4n) is 0. The van der Waals surface area contributed by atoms with Crippen LogP contribution in [0.2, 0.25) is 0 Å². The molecule has 0 fully saturated rings. The molecule has 8 heteroatoms. The lowest BCUT2D eigenvalue weighted by Gasteiger charge is -1.71. The van der Waals surface area contributed by atoms with Crippen LogP contribution in [-0.4, -0.2) is 18.3 Å². The molecule has 0 saturated heterocycles. The van der Waals surface area contributed by atoms with E-state index in [0.717, 1.165) is 0 Å². The maximum Gasteiger partial charge on any atom is 0.0553 e. The second-order valence-electron chi connectivity index (χ2n) is 0.512. The van der Waals surface area contributed by atoms with E-state index in [-0.39, 0.29) is 97.7 Å². The van der Waals surface area contributed by atoms with Crippen molar-refractivity contribution in [2.24, 2.45) is 5.73 Å². The molecule has 74 valence electrons. The molecular weight excluding hydrogens is 468 g/mol. The molecule has 0 rings (SSSR count). The molecule has 6 N–H and O–H groups in total. The molecule has 0 aliphatic carbocycles. The van der Waals surface area contributed by atoms with Crippen molar-refractivity contribution >= 4 is 84.9 Å². The van der Waals surface area contributed by atoms with Crippen LogP contribution in [0, 0.1) is 0 Å². The normalized spacial score (nSPS) is 3.00. The third-order valence-corrected chi connectivity index (χ3v) is 0.129. The second-order valence-corrected chi connectivity index (χ2v) is 0.512. The van der Waals surface area contributed by atoms with Gasteiger partial charge in [0.25, 0.3) is 0 Å². The van der Waals surface area contributed by atoms with Crippen molar-refractivity contribution in [3.63, 3.8) is 0 Å². The summed E-state index contributed by atoms with van der Waals surface area (Å²) in [6.07, 6.45) is 0. The summed E-state index contributed by atoms with van der Waals surface area (Å²) in [5, 5.41) is 7.75. The van der Waals surface area contributed by atoms with Gasteiger partial charge in [0.05, 0.1) is 6.61 Å². The molecule has 0 heterocycles. The minimum absolute atomic E-state index is 0. The molecule has 0 spiro atoms. The molecule has 3 nitrogen and oxygen atoms in total. The van der Waals surface area contributed by atoms with E-state index in [1.54, 1.807) is 0 Å². The van der Waals surface area contributed by atoms with Crippen molar-refractivity contribution in [1.29, 1.82) is 0 Å². The van der Waals surface area contributed by atoms with Crippen LogP contribution in [-0.2, 0) is 0 Å². The zero-order chi connectivity index (χ0) is 3.41. The summed E-state index contributed by atoms with van der Waals surface area (Å²) in [5.74, 6) is 0. The molecule has 0 saturated carbocycles. The van der Waals surface area contributed by atoms with Gasteiger partial charge in [-0.25, -0.2) is 0 Å². The monoisotopic (exact) mass is 478 g/mol. The fourth-order valence-corrected chi connectivity index (χ4v) is 0. The molecule has 0 atom stereocenters. The van der Waals surface area contributed by atoms with Gasteiger partial charge in [0.2, 0.25) is 0 Å². The van der Waals surface area contributed by atoms with E-state index in [1.165, 1.54) is 0 Å². The Kier molecular flexibility index (Phi) is 365. The number of aliphatic hydroxyl groups is 1. The van der Waals surface area contributed by atoms with Crippen LogP contribution in [0.3, 0.4) is 0 Å². The lowest BCUT2D eigenvalue weighted by atomic mass is 10.8. The van der Waals surface area contributed by atoms with Crippen LogP contribution >= 0.6 is 84.9 Å². The number of aliphatic hydroxyl groups excluding tert-OH is 1. The summed E-state index contributed by atoms with van der Waals surface area (Å²) < 4.78 is 0. The van der Waals surface area contributed by atoms with E-state index < -0.39 is 0 Å². The van der Waals surface area contributed by atoms with Gasteiger partial charge in [0.1, 0.15) is 0 Å². The Bertz CT molecular complexity index is 19.6. The van der Waals surface area contributed by atoms with Crippen LogP contribution in [0.15, 0.2) is 0 Å². The van der Waals surface area contributed by atoms with E-state index in [4.69, 9.17) is 10.8 Å². The third kappa shape index (κ3) is 82.3. The molecule has 0 aromatic heterocycles. The van der Waals surface area contributed by atoms with Gasteiger partial charge in [-0.15, -0.1) is 84.9 Å². The van der Waals surface area contributed by atoms with Crippen molar-refractivity contribution in [1.82, 2.24) is 6.15 Å². The lowest BCUT2D eigenvalue weighted by molar-refractivity contribution is 0.306. The summed E-state index contributed by atoms with van der Waals surface area (Å²) in [7, 11) is 0. The Morgan fingerprint density at radius 1 is 0.900 bits per heavy atom. The number of nitrogens with two attached hydrogens (primary N) is 1. The number of halogens is 5. The van der Waals surface area contributed by atoms with Gasteiger partial charge in [0.15, 0.2) is 0 Å². The average Bonchev–Trinajstić information content (AvgIpc) is 1.37. The number of rotatable bonds is 1. The van der Waals surface area contributed by atoms with Gasteiger partial charge in [0, 0.05) is 6.54 Å². The Hall–Kier alpha value is 2.28. The smallest absolute Gasteiger partial charge is 0.0553 e. The first-order valence-electron chi connectivity index (χ1n) is 1.22. The highest BCUT2D eigenvalue weighted by atomic mass is 79.9. The zero-order valence-corrected chi connectivity index (χ0v) is 13.8. The van der Waals surface area contributed by atoms with Crippen LogP contribution in [0.5, 0.6) is 0 Å². The first-order valence-corrected chi connectivity index (χ1v) is 1.22. The maximum atomic E-state index is 7.75. The fraction of sp³-hybridized carbons (Fsp3) is 1.00. The van der Waals surface area contributed by atoms with E-state index >= 15 is 0 Å². The first kappa shape index (κ1) is 56.0. The molecule has 0 unspecified atom stereocenters. The van der Waals surface area contributed by atoms with E-state index in [2.05, 4.69) is 0 Å². The highest BCUT2D eigenvalue weighted by molar-refractivity contribution is 8.93. The van der Waals surface area contributed by atoms with E-state index in [1.807, 2.05) is 0 Å². The molecule has 0 amide bonds. The van der Waals surface area contributed by atoms with Gasteiger partial charge in [-0.3, -0.25) is 0 Å². The quantitative estimate of drug-likeness (QED) is 0.535. The summed E-state index contributed by atoms with van der Waals surface area (Å²) in [5.41, 5.74) is 4.78. The van der Waals surface area contributed by atoms with E-state index in [9.17, 15) is 0 Å². The number of hydrogen-bond donors (Lipinski definition) is 3. The summed E-state index contributed by atoms with van der Waals surface area (Å²) in [4.78, 5) is 0. The van der Waals surface area contributed by atoms with E-state index in [0.29, 0.717) is 6.54 Å². The second kappa shape index (κ2) is 65.1. The molecule has 0 aliphatic rings. The third-order valence-electron chi connectivity index (χ3n) is 0.129. The van der Waals surface area contributed by atoms with Crippen molar-refractivity contribution in [3.05, 3.63) is 0 Å². The number of hydrogen-bond acceptors (Lipinski definition) is 3. The molecule has 0 aromatic carbocycles.